The van der Waals surface area contributed by atoms with Gasteiger partial charge in [-0.3, -0.25) is 19.4 Å². The summed E-state index contributed by atoms with van der Waals surface area (Å²) in [4.78, 5) is 41.0. The number of likely N-dealkylation sites (tertiary alicyclic amines) is 1. The maximum Gasteiger partial charge on any atom is 0.333 e. The number of rotatable bonds is 7. The van der Waals surface area contributed by atoms with Crippen molar-refractivity contribution >= 4 is 17.8 Å². The Morgan fingerprint density at radius 3 is 2.22 bits per heavy atom. The number of aliphatic carboxylic acids is 1. The van der Waals surface area contributed by atoms with E-state index in [1.165, 1.54) is 30.0 Å². The van der Waals surface area contributed by atoms with Crippen LogP contribution in [0.25, 0.3) is 0 Å². The largest absolute Gasteiger partial charge is 0.478 e. The molecule has 0 saturated carbocycles. The molecule has 2 unspecified atom stereocenters. The normalized spacial score (nSPS) is 20.3. The molecule has 0 spiro atoms. The van der Waals surface area contributed by atoms with E-state index in [1.807, 2.05) is 4.90 Å². The number of hydrogen-bond acceptors (Lipinski definition) is 4. The second kappa shape index (κ2) is 10.8. The van der Waals surface area contributed by atoms with Crippen molar-refractivity contribution < 1.29 is 32.7 Å². The van der Waals surface area contributed by atoms with E-state index in [0.29, 0.717) is 25.9 Å². The van der Waals surface area contributed by atoms with Gasteiger partial charge in [0.2, 0.25) is 11.8 Å². The standard InChI is InChI=1S/C27H28F3N3O4/c1-15-26(27(36)37)20(18-4-7-21(29)22(30)12-18)13-25(35)33(15)24(14-23(31)34)32-10-8-17(9-11-32)16-2-5-19(28)6-3-16/h2-7,12,17,20,24H,8-11,13-14H2,1H3,(H2,31,34)(H,36,37). The molecule has 1 saturated heterocycles. The number of amides is 2. The number of primary amides is 1. The molecule has 2 atom stereocenters. The minimum absolute atomic E-state index is 0.124. The fourth-order valence-electron chi connectivity index (χ4n) is 5.48. The monoisotopic (exact) mass is 515 g/mol. The lowest BCUT2D eigenvalue weighted by molar-refractivity contribution is -0.139. The van der Waals surface area contributed by atoms with Gasteiger partial charge in [0.1, 0.15) is 5.82 Å². The third kappa shape index (κ3) is 5.53. The molecule has 2 heterocycles. The maximum atomic E-state index is 13.9. The molecule has 0 aromatic heterocycles. The van der Waals surface area contributed by atoms with Crippen molar-refractivity contribution in [2.45, 2.75) is 50.6 Å². The van der Waals surface area contributed by atoms with Gasteiger partial charge in [-0.05, 0) is 61.1 Å². The van der Waals surface area contributed by atoms with E-state index in [2.05, 4.69) is 0 Å². The van der Waals surface area contributed by atoms with E-state index in [1.54, 1.807) is 12.1 Å². The van der Waals surface area contributed by atoms with E-state index >= 15 is 0 Å². The van der Waals surface area contributed by atoms with E-state index in [0.717, 1.165) is 17.7 Å². The summed E-state index contributed by atoms with van der Waals surface area (Å²) in [6.07, 6.45) is 0.0990. The lowest BCUT2D eigenvalue weighted by Crippen LogP contribution is -2.55. The van der Waals surface area contributed by atoms with Gasteiger partial charge in [-0.1, -0.05) is 18.2 Å². The molecule has 2 aromatic carbocycles. The van der Waals surface area contributed by atoms with Crippen LogP contribution in [-0.2, 0) is 14.4 Å². The van der Waals surface area contributed by atoms with E-state index in [4.69, 9.17) is 5.73 Å². The fraction of sp³-hybridized carbons (Fsp3) is 0.370. The Bertz CT molecular complexity index is 1240. The first-order valence-electron chi connectivity index (χ1n) is 12.1. The number of carbonyl (C=O) groups excluding carboxylic acids is 2. The number of benzene rings is 2. The number of carboxylic acid groups (broad SMARTS) is 1. The van der Waals surface area contributed by atoms with Gasteiger partial charge in [-0.2, -0.15) is 0 Å². The lowest BCUT2D eigenvalue weighted by atomic mass is 9.83. The number of piperidine rings is 1. The zero-order valence-electron chi connectivity index (χ0n) is 20.3. The van der Waals surface area contributed by atoms with Crippen molar-refractivity contribution in [3.05, 3.63) is 82.3 Å². The molecule has 1 fully saturated rings. The number of hydrogen-bond donors (Lipinski definition) is 2. The molecule has 2 aliphatic heterocycles. The molecule has 10 heteroatoms. The number of nitrogens with zero attached hydrogens (tertiary/aromatic N) is 2. The summed E-state index contributed by atoms with van der Waals surface area (Å²) in [6.45, 7) is 2.49. The summed E-state index contributed by atoms with van der Waals surface area (Å²) in [5.74, 6) is -5.71. The van der Waals surface area contributed by atoms with E-state index < -0.39 is 41.5 Å². The SMILES string of the molecule is CC1=C(C(=O)O)C(c2ccc(F)c(F)c2)CC(=O)N1C(CC(N)=O)N1CCC(c2ccc(F)cc2)CC1. The Morgan fingerprint density at radius 2 is 1.65 bits per heavy atom. The highest BCUT2D eigenvalue weighted by Crippen LogP contribution is 2.39. The van der Waals surface area contributed by atoms with E-state index in [9.17, 15) is 32.7 Å². The van der Waals surface area contributed by atoms with Crippen LogP contribution in [0.3, 0.4) is 0 Å². The molecule has 3 N–H and O–H groups in total. The summed E-state index contributed by atoms with van der Waals surface area (Å²) in [5.41, 5.74) is 6.71. The first kappa shape index (κ1) is 26.4. The van der Waals surface area contributed by atoms with Gasteiger partial charge in [0.15, 0.2) is 11.6 Å². The van der Waals surface area contributed by atoms with Gasteiger partial charge in [0.05, 0.1) is 18.2 Å². The molecular formula is C27H28F3N3O4. The topological polar surface area (TPSA) is 104 Å². The summed E-state index contributed by atoms with van der Waals surface area (Å²) in [5, 5.41) is 10.0. The van der Waals surface area contributed by atoms with Crippen LogP contribution in [0.15, 0.2) is 53.7 Å². The molecule has 4 rings (SSSR count). The van der Waals surface area contributed by atoms with Crippen molar-refractivity contribution in [1.29, 1.82) is 0 Å². The second-order valence-electron chi connectivity index (χ2n) is 9.51. The van der Waals surface area contributed by atoms with Gasteiger partial charge < -0.3 is 10.8 Å². The van der Waals surface area contributed by atoms with Crippen LogP contribution in [0.2, 0.25) is 0 Å². The van der Waals surface area contributed by atoms with Crippen LogP contribution in [0, 0.1) is 17.5 Å². The Kier molecular flexibility index (Phi) is 7.68. The van der Waals surface area contributed by atoms with Crippen LogP contribution in [-0.4, -0.2) is 51.9 Å². The Labute approximate surface area is 212 Å². The van der Waals surface area contributed by atoms with Crippen LogP contribution in [0.5, 0.6) is 0 Å². The van der Waals surface area contributed by atoms with Gasteiger partial charge in [-0.15, -0.1) is 0 Å². The van der Waals surface area contributed by atoms with Crippen LogP contribution >= 0.6 is 0 Å². The molecule has 7 nitrogen and oxygen atoms in total. The van der Waals surface area contributed by atoms with Crippen molar-refractivity contribution in [2.75, 3.05) is 13.1 Å². The molecule has 196 valence electrons. The molecule has 2 aromatic rings. The van der Waals surface area contributed by atoms with Crippen LogP contribution < -0.4 is 5.73 Å². The molecule has 2 amide bonds. The highest BCUT2D eigenvalue weighted by atomic mass is 19.2. The minimum Gasteiger partial charge on any atom is -0.478 e. The van der Waals surface area contributed by atoms with E-state index in [-0.39, 0.29) is 41.4 Å². The van der Waals surface area contributed by atoms with Gasteiger partial charge >= 0.3 is 5.97 Å². The first-order valence-corrected chi connectivity index (χ1v) is 12.1. The smallest absolute Gasteiger partial charge is 0.333 e. The summed E-state index contributed by atoms with van der Waals surface area (Å²) < 4.78 is 40.7. The number of halogens is 3. The van der Waals surface area contributed by atoms with Gasteiger partial charge in [-0.25, -0.2) is 18.0 Å². The van der Waals surface area contributed by atoms with Crippen LogP contribution in [0.1, 0.15) is 55.6 Å². The average Bonchev–Trinajstić information content (AvgIpc) is 2.85. The molecule has 0 bridgehead atoms. The number of carbonyl (C=O) groups is 3. The maximum absolute atomic E-state index is 13.9. The third-order valence-electron chi connectivity index (χ3n) is 7.30. The Hall–Kier alpha value is -3.66. The van der Waals surface area contributed by atoms with Gasteiger partial charge in [0, 0.05) is 31.1 Å². The first-order chi connectivity index (χ1) is 17.6. The molecular weight excluding hydrogens is 487 g/mol. The lowest BCUT2D eigenvalue weighted by Gasteiger charge is -2.45. The summed E-state index contributed by atoms with van der Waals surface area (Å²) >= 11 is 0. The van der Waals surface area contributed by atoms with Crippen molar-refractivity contribution in [3.63, 3.8) is 0 Å². The number of nitrogens with two attached hydrogens (primary N) is 1. The predicted molar refractivity (Wildman–Crippen MR) is 128 cm³/mol. The number of carboxylic acids is 1. The second-order valence-corrected chi connectivity index (χ2v) is 9.51. The zero-order valence-corrected chi connectivity index (χ0v) is 20.3. The average molecular weight is 516 g/mol. The van der Waals surface area contributed by atoms with Crippen molar-refractivity contribution in [1.82, 2.24) is 9.80 Å². The highest BCUT2D eigenvalue weighted by molar-refractivity contribution is 5.95. The molecule has 2 aliphatic rings. The van der Waals surface area contributed by atoms with Crippen LogP contribution in [0.4, 0.5) is 13.2 Å². The summed E-state index contributed by atoms with van der Waals surface area (Å²) in [7, 11) is 0. The highest BCUT2D eigenvalue weighted by Gasteiger charge is 2.42. The zero-order chi connectivity index (χ0) is 26.9. The predicted octanol–water partition coefficient (Wildman–Crippen LogP) is 3.86. The fourth-order valence-corrected chi connectivity index (χ4v) is 5.48. The minimum atomic E-state index is -1.29. The molecule has 0 aliphatic carbocycles. The quantitative estimate of drug-likeness (QED) is 0.583. The summed E-state index contributed by atoms with van der Waals surface area (Å²) in [6, 6.07) is 9.38. The van der Waals surface area contributed by atoms with Crippen molar-refractivity contribution in [2.24, 2.45) is 5.73 Å². The van der Waals surface area contributed by atoms with Gasteiger partial charge in [0.25, 0.3) is 0 Å². The molecule has 0 radical (unpaired) electrons. The van der Waals surface area contributed by atoms with Crippen molar-refractivity contribution in [3.8, 4) is 0 Å². The Balaban J connectivity index is 1.63. The Morgan fingerprint density at radius 1 is 1.03 bits per heavy atom. The third-order valence-corrected chi connectivity index (χ3v) is 7.30. The molecule has 37 heavy (non-hydrogen) atoms. The number of allylic oxidation sites excluding steroid dienone is 1.